The maximum Gasteiger partial charge on any atom is 0.225 e. The van der Waals surface area contributed by atoms with E-state index in [1.54, 1.807) is 0 Å². The molecule has 0 aromatic heterocycles. The molecular formula is C15H29ClN2O. The molecule has 2 aliphatic rings. The van der Waals surface area contributed by atoms with E-state index in [1.165, 1.54) is 25.7 Å². The number of hydrogen-bond donors (Lipinski definition) is 1. The highest BCUT2D eigenvalue weighted by atomic mass is 35.5. The number of carbonyl (C=O) groups excluding carboxylic acids is 1. The zero-order chi connectivity index (χ0) is 13.1. The molecule has 4 atom stereocenters. The minimum absolute atomic E-state index is 0. The van der Waals surface area contributed by atoms with E-state index < -0.39 is 0 Å². The van der Waals surface area contributed by atoms with Crippen LogP contribution < -0.4 is 5.73 Å². The summed E-state index contributed by atoms with van der Waals surface area (Å²) in [5.41, 5.74) is 5.99. The third kappa shape index (κ3) is 4.35. The van der Waals surface area contributed by atoms with Gasteiger partial charge in [-0.15, -0.1) is 12.4 Å². The zero-order valence-electron chi connectivity index (χ0n) is 12.3. The number of amides is 1. The van der Waals surface area contributed by atoms with Crippen molar-refractivity contribution in [2.24, 2.45) is 17.6 Å². The minimum Gasteiger partial charge on any atom is -0.343 e. The van der Waals surface area contributed by atoms with E-state index in [0.29, 0.717) is 11.9 Å². The fraction of sp³-hybridized carbons (Fsp3) is 0.933. The van der Waals surface area contributed by atoms with Crippen molar-refractivity contribution in [1.82, 2.24) is 4.90 Å². The first kappa shape index (κ1) is 16.8. The number of rotatable bonds is 2. The van der Waals surface area contributed by atoms with Crippen molar-refractivity contribution in [1.29, 1.82) is 0 Å². The number of hydrogen-bond acceptors (Lipinski definition) is 2. The number of nitrogens with two attached hydrogens (primary N) is 1. The second-order valence-corrected chi connectivity index (χ2v) is 6.50. The second-order valence-electron chi connectivity index (χ2n) is 6.50. The van der Waals surface area contributed by atoms with Gasteiger partial charge < -0.3 is 10.6 Å². The average molecular weight is 289 g/mol. The fourth-order valence-electron chi connectivity index (χ4n) is 3.67. The molecule has 2 rings (SSSR count). The third-order valence-corrected chi connectivity index (χ3v) is 4.87. The molecule has 19 heavy (non-hydrogen) atoms. The quantitative estimate of drug-likeness (QED) is 0.849. The summed E-state index contributed by atoms with van der Waals surface area (Å²) in [5.74, 6) is 1.31. The van der Waals surface area contributed by atoms with Crippen molar-refractivity contribution in [2.45, 2.75) is 70.4 Å². The first-order chi connectivity index (χ1) is 8.58. The number of nitrogens with zero attached hydrogens (tertiary/aromatic N) is 1. The summed E-state index contributed by atoms with van der Waals surface area (Å²) in [6.07, 6.45) is 9.11. The van der Waals surface area contributed by atoms with Gasteiger partial charge in [0.05, 0.1) is 0 Å². The molecule has 0 bridgehead atoms. The molecule has 0 aromatic carbocycles. The van der Waals surface area contributed by atoms with E-state index in [2.05, 4.69) is 6.92 Å². The third-order valence-electron chi connectivity index (χ3n) is 4.87. The Balaban J connectivity index is 0.00000180. The van der Waals surface area contributed by atoms with Gasteiger partial charge in [-0.05, 0) is 38.0 Å². The molecule has 3 nitrogen and oxygen atoms in total. The molecule has 0 aromatic rings. The molecule has 112 valence electrons. The van der Waals surface area contributed by atoms with Crippen molar-refractivity contribution in [3.63, 3.8) is 0 Å². The predicted octanol–water partition coefficient (Wildman–Crippen LogP) is 2.96. The van der Waals surface area contributed by atoms with Gasteiger partial charge in [0.1, 0.15) is 0 Å². The lowest BCUT2D eigenvalue weighted by Crippen LogP contribution is -2.45. The van der Waals surface area contributed by atoms with Crippen molar-refractivity contribution < 1.29 is 4.79 Å². The SMILES string of the molecule is CC1CCCC(N(C)C(=O)C2CCCC(N)C2)C1.Cl. The normalized spacial score (nSPS) is 35.3. The Labute approximate surface area is 123 Å². The van der Waals surface area contributed by atoms with Gasteiger partial charge in [0, 0.05) is 25.0 Å². The Morgan fingerprint density at radius 3 is 2.42 bits per heavy atom. The van der Waals surface area contributed by atoms with Crippen LogP contribution >= 0.6 is 12.4 Å². The van der Waals surface area contributed by atoms with Crippen LogP contribution in [0.4, 0.5) is 0 Å². The van der Waals surface area contributed by atoms with Gasteiger partial charge in [-0.25, -0.2) is 0 Å². The molecular weight excluding hydrogens is 260 g/mol. The van der Waals surface area contributed by atoms with E-state index in [-0.39, 0.29) is 24.4 Å². The van der Waals surface area contributed by atoms with Crippen molar-refractivity contribution in [2.75, 3.05) is 7.05 Å². The van der Waals surface area contributed by atoms with Crippen molar-refractivity contribution in [3.8, 4) is 0 Å². The van der Waals surface area contributed by atoms with E-state index in [0.717, 1.165) is 31.6 Å². The van der Waals surface area contributed by atoms with Crippen LogP contribution in [0.25, 0.3) is 0 Å². The molecule has 0 heterocycles. The number of carbonyl (C=O) groups is 1. The summed E-state index contributed by atoms with van der Waals surface area (Å²) in [5, 5.41) is 0. The summed E-state index contributed by atoms with van der Waals surface area (Å²) in [7, 11) is 2.01. The standard InChI is InChI=1S/C15H28N2O.ClH/c1-11-5-3-8-14(9-11)17(2)15(18)12-6-4-7-13(16)10-12;/h11-14H,3-10,16H2,1-2H3;1H. The van der Waals surface area contributed by atoms with Crippen LogP contribution in [0.1, 0.15) is 58.3 Å². The Bertz CT molecular complexity index is 298. The Hall–Kier alpha value is -0.280. The monoisotopic (exact) mass is 288 g/mol. The predicted molar refractivity (Wildman–Crippen MR) is 81.4 cm³/mol. The maximum absolute atomic E-state index is 12.5. The van der Waals surface area contributed by atoms with Gasteiger partial charge in [-0.3, -0.25) is 4.79 Å². The molecule has 2 fully saturated rings. The Morgan fingerprint density at radius 1 is 1.11 bits per heavy atom. The minimum atomic E-state index is 0. The zero-order valence-corrected chi connectivity index (χ0v) is 13.1. The molecule has 2 saturated carbocycles. The molecule has 4 heteroatoms. The number of halogens is 1. The average Bonchev–Trinajstić information content (AvgIpc) is 2.37. The summed E-state index contributed by atoms with van der Waals surface area (Å²) in [6.45, 7) is 2.31. The summed E-state index contributed by atoms with van der Waals surface area (Å²) in [4.78, 5) is 14.6. The summed E-state index contributed by atoms with van der Waals surface area (Å²) < 4.78 is 0. The molecule has 0 saturated heterocycles. The van der Waals surface area contributed by atoms with Gasteiger partial charge in [-0.2, -0.15) is 0 Å². The molecule has 0 aliphatic heterocycles. The molecule has 0 radical (unpaired) electrons. The van der Waals surface area contributed by atoms with Gasteiger partial charge in [-0.1, -0.05) is 26.2 Å². The first-order valence-electron chi connectivity index (χ1n) is 7.60. The highest BCUT2D eigenvalue weighted by Gasteiger charge is 2.31. The molecule has 1 amide bonds. The molecule has 0 spiro atoms. The van der Waals surface area contributed by atoms with Crippen LogP contribution in [0.5, 0.6) is 0 Å². The lowest BCUT2D eigenvalue weighted by atomic mass is 9.83. The molecule has 4 unspecified atom stereocenters. The van der Waals surface area contributed by atoms with Crippen molar-refractivity contribution in [3.05, 3.63) is 0 Å². The molecule has 2 N–H and O–H groups in total. The maximum atomic E-state index is 12.5. The topological polar surface area (TPSA) is 46.3 Å². The van der Waals surface area contributed by atoms with E-state index in [9.17, 15) is 4.79 Å². The van der Waals surface area contributed by atoms with E-state index in [1.807, 2.05) is 11.9 Å². The van der Waals surface area contributed by atoms with Gasteiger partial charge in [0.25, 0.3) is 0 Å². The lowest BCUT2D eigenvalue weighted by molar-refractivity contribution is -0.138. The smallest absolute Gasteiger partial charge is 0.225 e. The van der Waals surface area contributed by atoms with Gasteiger partial charge in [0.2, 0.25) is 5.91 Å². The van der Waals surface area contributed by atoms with Crippen LogP contribution in [0, 0.1) is 11.8 Å². The van der Waals surface area contributed by atoms with Gasteiger partial charge in [0.15, 0.2) is 0 Å². The van der Waals surface area contributed by atoms with Crippen LogP contribution in [0.15, 0.2) is 0 Å². The van der Waals surface area contributed by atoms with Crippen LogP contribution in [0.2, 0.25) is 0 Å². The first-order valence-corrected chi connectivity index (χ1v) is 7.60. The lowest BCUT2D eigenvalue weighted by Gasteiger charge is -2.37. The largest absolute Gasteiger partial charge is 0.343 e. The Morgan fingerprint density at radius 2 is 1.79 bits per heavy atom. The summed E-state index contributed by atoms with van der Waals surface area (Å²) in [6, 6.07) is 0.714. The van der Waals surface area contributed by atoms with Crippen molar-refractivity contribution >= 4 is 18.3 Å². The highest BCUT2D eigenvalue weighted by Crippen LogP contribution is 2.30. The molecule has 2 aliphatic carbocycles. The van der Waals surface area contributed by atoms with E-state index in [4.69, 9.17) is 5.73 Å². The van der Waals surface area contributed by atoms with Crippen LogP contribution in [-0.2, 0) is 4.79 Å². The van der Waals surface area contributed by atoms with Crippen LogP contribution in [0.3, 0.4) is 0 Å². The van der Waals surface area contributed by atoms with E-state index >= 15 is 0 Å². The Kier molecular flexibility index (Phi) is 6.61. The highest BCUT2D eigenvalue weighted by molar-refractivity contribution is 5.85. The fourth-order valence-corrected chi connectivity index (χ4v) is 3.67. The summed E-state index contributed by atoms with van der Waals surface area (Å²) >= 11 is 0. The van der Waals surface area contributed by atoms with Gasteiger partial charge >= 0.3 is 0 Å². The van der Waals surface area contributed by atoms with Crippen LogP contribution in [-0.4, -0.2) is 29.9 Å². The second kappa shape index (κ2) is 7.49.